The molecule has 3 aromatic rings. The van der Waals surface area contributed by atoms with Gasteiger partial charge in [0.25, 0.3) is 0 Å². The smallest absolute Gasteiger partial charge is 0.127 e. The second-order valence-electron chi connectivity index (χ2n) is 6.57. The van der Waals surface area contributed by atoms with Crippen molar-refractivity contribution < 1.29 is 0 Å². The minimum Gasteiger partial charge on any atom is -0.337 e. The molecule has 0 spiro atoms. The molecule has 5 heteroatoms. The fourth-order valence-electron chi connectivity index (χ4n) is 3.50. The maximum Gasteiger partial charge on any atom is 0.127 e. The van der Waals surface area contributed by atoms with E-state index in [0.29, 0.717) is 6.04 Å². The Morgan fingerprint density at radius 3 is 3.00 bits per heavy atom. The average Bonchev–Trinajstić information content (AvgIpc) is 3.01. The summed E-state index contributed by atoms with van der Waals surface area (Å²) >= 11 is 0. The lowest BCUT2D eigenvalue weighted by molar-refractivity contribution is 0.145. The van der Waals surface area contributed by atoms with E-state index in [1.54, 1.807) is 0 Å². The van der Waals surface area contributed by atoms with Crippen LogP contribution in [0.25, 0.3) is 10.9 Å². The molecule has 2 aromatic heterocycles. The van der Waals surface area contributed by atoms with E-state index in [1.807, 2.05) is 19.3 Å². The van der Waals surface area contributed by atoms with Gasteiger partial charge in [0, 0.05) is 56.7 Å². The molecule has 0 aliphatic carbocycles. The van der Waals surface area contributed by atoms with Crippen LogP contribution in [0.5, 0.6) is 0 Å². The molecule has 1 unspecified atom stereocenters. The van der Waals surface area contributed by atoms with E-state index in [-0.39, 0.29) is 0 Å². The van der Waals surface area contributed by atoms with Gasteiger partial charge >= 0.3 is 0 Å². The quantitative estimate of drug-likeness (QED) is 0.805. The summed E-state index contributed by atoms with van der Waals surface area (Å²) in [5.74, 6) is 1.13. The Balaban J connectivity index is 1.60. The molecule has 1 fully saturated rings. The van der Waals surface area contributed by atoms with Crippen LogP contribution in [0.1, 0.15) is 23.1 Å². The normalized spacial score (nSPS) is 19.0. The zero-order chi connectivity index (χ0) is 16.5. The first kappa shape index (κ1) is 15.3. The third-order valence-electron chi connectivity index (χ3n) is 4.79. The molecule has 1 aliphatic heterocycles. The number of imidazole rings is 1. The number of piperazine rings is 1. The molecule has 1 N–H and O–H groups in total. The van der Waals surface area contributed by atoms with Gasteiger partial charge in [-0.05, 0) is 30.7 Å². The van der Waals surface area contributed by atoms with Gasteiger partial charge in [0.15, 0.2) is 0 Å². The van der Waals surface area contributed by atoms with Gasteiger partial charge in [-0.3, -0.25) is 9.88 Å². The molecule has 0 radical (unpaired) electrons. The first-order valence-corrected chi connectivity index (χ1v) is 8.49. The number of benzene rings is 1. The highest BCUT2D eigenvalue weighted by molar-refractivity contribution is 5.79. The third-order valence-corrected chi connectivity index (χ3v) is 4.79. The molecular formula is C19H23N5. The summed E-state index contributed by atoms with van der Waals surface area (Å²) in [6, 6.07) is 11.1. The minimum atomic E-state index is 0.311. The highest BCUT2D eigenvalue weighted by Crippen LogP contribution is 2.24. The summed E-state index contributed by atoms with van der Waals surface area (Å²) in [6.07, 6.45) is 3.90. The summed E-state index contributed by atoms with van der Waals surface area (Å²) in [5.41, 5.74) is 3.46. The average molecular weight is 321 g/mol. The number of aryl methyl sites for hydroxylation is 2. The zero-order valence-corrected chi connectivity index (χ0v) is 14.2. The number of fused-ring (bicyclic) bond motifs is 1. The number of hydrogen-bond acceptors (Lipinski definition) is 4. The molecule has 4 rings (SSSR count). The predicted octanol–water partition coefficient (Wildman–Crippen LogP) is 2.42. The lowest BCUT2D eigenvalue weighted by atomic mass is 10.1. The first-order chi connectivity index (χ1) is 11.7. The number of hydrogen-bond donors (Lipinski definition) is 1. The van der Waals surface area contributed by atoms with Gasteiger partial charge in [0.05, 0.1) is 11.6 Å². The van der Waals surface area contributed by atoms with Gasteiger partial charge in [-0.1, -0.05) is 12.1 Å². The Morgan fingerprint density at radius 2 is 2.17 bits per heavy atom. The van der Waals surface area contributed by atoms with Crippen LogP contribution in [0.3, 0.4) is 0 Å². The molecule has 1 saturated heterocycles. The number of rotatable bonds is 3. The van der Waals surface area contributed by atoms with Crippen molar-refractivity contribution in [3.05, 3.63) is 59.8 Å². The molecule has 0 saturated carbocycles. The van der Waals surface area contributed by atoms with Gasteiger partial charge in [-0.15, -0.1) is 0 Å². The highest BCUT2D eigenvalue weighted by Gasteiger charge is 2.26. The Bertz CT molecular complexity index is 854. The van der Waals surface area contributed by atoms with E-state index >= 15 is 0 Å². The second kappa shape index (κ2) is 6.34. The van der Waals surface area contributed by atoms with E-state index < -0.39 is 0 Å². The van der Waals surface area contributed by atoms with Gasteiger partial charge < -0.3 is 9.88 Å². The van der Waals surface area contributed by atoms with Crippen LogP contribution < -0.4 is 5.32 Å². The highest BCUT2D eigenvalue weighted by atomic mass is 15.3. The Hall–Kier alpha value is -2.24. The summed E-state index contributed by atoms with van der Waals surface area (Å²) in [7, 11) is 2.07. The maximum absolute atomic E-state index is 4.59. The van der Waals surface area contributed by atoms with E-state index in [1.165, 1.54) is 10.9 Å². The molecule has 124 valence electrons. The topological polar surface area (TPSA) is 46.0 Å². The van der Waals surface area contributed by atoms with Crippen molar-refractivity contribution in [3.63, 3.8) is 0 Å². The monoisotopic (exact) mass is 321 g/mol. The largest absolute Gasteiger partial charge is 0.337 e. The molecule has 0 bridgehead atoms. The van der Waals surface area contributed by atoms with Crippen LogP contribution in [-0.2, 0) is 13.6 Å². The molecule has 5 nitrogen and oxygen atoms in total. The van der Waals surface area contributed by atoms with Gasteiger partial charge in [0.1, 0.15) is 5.82 Å². The molecule has 1 atom stereocenters. The summed E-state index contributed by atoms with van der Waals surface area (Å²) in [6.45, 7) is 5.96. The van der Waals surface area contributed by atoms with Crippen molar-refractivity contribution in [2.45, 2.75) is 19.5 Å². The number of nitrogens with zero attached hydrogens (tertiary/aromatic N) is 4. The van der Waals surface area contributed by atoms with E-state index in [9.17, 15) is 0 Å². The van der Waals surface area contributed by atoms with Crippen molar-refractivity contribution in [1.29, 1.82) is 0 Å². The second-order valence-corrected chi connectivity index (χ2v) is 6.57. The zero-order valence-electron chi connectivity index (χ0n) is 14.2. The molecule has 0 amide bonds. The standard InChI is InChI=1S/C19H23N5/c1-14-3-5-16-11-15(4-6-17(16)22-14)13-24-10-7-20-12-18(24)19-21-8-9-23(19)2/h3-6,8-9,11,18,20H,7,10,12-13H2,1-2H3. The van der Waals surface area contributed by atoms with Crippen LogP contribution in [0.15, 0.2) is 42.7 Å². The van der Waals surface area contributed by atoms with Crippen molar-refractivity contribution in [1.82, 2.24) is 24.8 Å². The SMILES string of the molecule is Cc1ccc2cc(CN3CCNCC3c3nccn3C)ccc2n1. The minimum absolute atomic E-state index is 0.311. The number of pyridine rings is 1. The van der Waals surface area contributed by atoms with Crippen LogP contribution in [0.4, 0.5) is 0 Å². The molecule has 24 heavy (non-hydrogen) atoms. The summed E-state index contributed by atoms with van der Waals surface area (Å²) in [4.78, 5) is 11.7. The lowest BCUT2D eigenvalue weighted by Gasteiger charge is -2.35. The van der Waals surface area contributed by atoms with Crippen LogP contribution in [-0.4, -0.2) is 39.1 Å². The summed E-state index contributed by atoms with van der Waals surface area (Å²) < 4.78 is 2.12. The van der Waals surface area contributed by atoms with Crippen molar-refractivity contribution in [2.75, 3.05) is 19.6 Å². The third kappa shape index (κ3) is 2.92. The maximum atomic E-state index is 4.59. The molecule has 1 aromatic carbocycles. The first-order valence-electron chi connectivity index (χ1n) is 8.49. The van der Waals surface area contributed by atoms with E-state index in [0.717, 1.165) is 43.2 Å². The van der Waals surface area contributed by atoms with Crippen molar-refractivity contribution in [3.8, 4) is 0 Å². The molecular weight excluding hydrogens is 298 g/mol. The van der Waals surface area contributed by atoms with Crippen molar-refractivity contribution >= 4 is 10.9 Å². The van der Waals surface area contributed by atoms with Crippen LogP contribution in [0, 0.1) is 6.92 Å². The Labute approximate surface area is 142 Å². The Kier molecular flexibility index (Phi) is 4.04. The fourth-order valence-corrected chi connectivity index (χ4v) is 3.50. The number of aromatic nitrogens is 3. The lowest BCUT2D eigenvalue weighted by Crippen LogP contribution is -2.46. The van der Waals surface area contributed by atoms with Crippen LogP contribution in [0.2, 0.25) is 0 Å². The van der Waals surface area contributed by atoms with E-state index in [4.69, 9.17) is 0 Å². The van der Waals surface area contributed by atoms with E-state index in [2.05, 4.69) is 62.1 Å². The van der Waals surface area contributed by atoms with Crippen molar-refractivity contribution in [2.24, 2.45) is 7.05 Å². The van der Waals surface area contributed by atoms with Crippen LogP contribution >= 0.6 is 0 Å². The van der Waals surface area contributed by atoms with Gasteiger partial charge in [0.2, 0.25) is 0 Å². The predicted molar refractivity (Wildman–Crippen MR) is 95.7 cm³/mol. The summed E-state index contributed by atoms with van der Waals surface area (Å²) in [5, 5.41) is 4.71. The fraction of sp³-hybridized carbons (Fsp3) is 0.368. The number of nitrogens with one attached hydrogen (secondary N) is 1. The molecule has 1 aliphatic rings. The molecule has 3 heterocycles. The Morgan fingerprint density at radius 1 is 1.25 bits per heavy atom. The van der Waals surface area contributed by atoms with Gasteiger partial charge in [-0.25, -0.2) is 4.98 Å². The van der Waals surface area contributed by atoms with Gasteiger partial charge in [-0.2, -0.15) is 0 Å².